The van der Waals surface area contributed by atoms with E-state index in [0.29, 0.717) is 0 Å². The van der Waals surface area contributed by atoms with Gasteiger partial charge in [0.1, 0.15) is 23.0 Å². The summed E-state index contributed by atoms with van der Waals surface area (Å²) in [7, 11) is 1.35. The molecule has 6 nitrogen and oxygen atoms in total. The first-order chi connectivity index (χ1) is 9.33. The van der Waals surface area contributed by atoms with E-state index in [4.69, 9.17) is 15.7 Å². The van der Waals surface area contributed by atoms with Gasteiger partial charge in [0.05, 0.1) is 7.11 Å². The van der Waals surface area contributed by atoms with Crippen LogP contribution in [0.5, 0.6) is 5.75 Å². The fourth-order valence-corrected chi connectivity index (χ4v) is 1.51. The van der Waals surface area contributed by atoms with E-state index in [-0.39, 0.29) is 23.7 Å². The molecule has 0 fully saturated rings. The monoisotopic (exact) mass is 283 g/mol. The molecule has 0 aromatic heterocycles. The zero-order valence-electron chi connectivity index (χ0n) is 11.6. The highest BCUT2D eigenvalue weighted by molar-refractivity contribution is 5.97. The van der Waals surface area contributed by atoms with Crippen LogP contribution >= 0.6 is 0 Å². The smallest absolute Gasteiger partial charge is 0.258 e. The lowest BCUT2D eigenvalue weighted by Crippen LogP contribution is -2.42. The number of oxime groups is 1. The summed E-state index contributed by atoms with van der Waals surface area (Å²) in [4.78, 5) is 12.0. The highest BCUT2D eigenvalue weighted by Crippen LogP contribution is 2.21. The molecule has 0 unspecified atom stereocenters. The number of amidine groups is 1. The first-order valence-corrected chi connectivity index (χ1v) is 5.92. The molecule has 0 saturated carbocycles. The summed E-state index contributed by atoms with van der Waals surface area (Å²) < 4.78 is 18.7. The van der Waals surface area contributed by atoms with Crippen LogP contribution in [0, 0.1) is 11.2 Å². The number of hydrogen-bond acceptors (Lipinski definition) is 4. The van der Waals surface area contributed by atoms with Crippen molar-refractivity contribution >= 4 is 11.7 Å². The fraction of sp³-hybridized carbons (Fsp3) is 0.385. The van der Waals surface area contributed by atoms with Crippen LogP contribution in [0.25, 0.3) is 0 Å². The van der Waals surface area contributed by atoms with Crippen molar-refractivity contribution in [2.75, 3.05) is 13.7 Å². The maximum Gasteiger partial charge on any atom is 0.258 e. The molecule has 1 aromatic carbocycles. The van der Waals surface area contributed by atoms with Crippen LogP contribution in [0.1, 0.15) is 24.2 Å². The molecule has 1 amide bonds. The number of nitrogens with two attached hydrogens (primary N) is 1. The lowest BCUT2D eigenvalue weighted by molar-refractivity contribution is 0.0937. The van der Waals surface area contributed by atoms with Crippen LogP contribution in [0.3, 0.4) is 0 Å². The summed E-state index contributed by atoms with van der Waals surface area (Å²) in [5.41, 5.74) is 4.57. The van der Waals surface area contributed by atoms with Crippen LogP contribution in [0.2, 0.25) is 0 Å². The Kier molecular flexibility index (Phi) is 4.90. The number of carbonyl (C=O) groups excluding carboxylic acids is 1. The van der Waals surface area contributed by atoms with Crippen molar-refractivity contribution in [2.45, 2.75) is 13.8 Å². The molecule has 1 aromatic rings. The van der Waals surface area contributed by atoms with Gasteiger partial charge in [-0.1, -0.05) is 25.1 Å². The topological polar surface area (TPSA) is 96.9 Å². The molecule has 0 spiro atoms. The first kappa shape index (κ1) is 15.7. The second-order valence-corrected chi connectivity index (χ2v) is 4.87. The summed E-state index contributed by atoms with van der Waals surface area (Å²) >= 11 is 0. The molecule has 0 heterocycles. The van der Waals surface area contributed by atoms with Gasteiger partial charge < -0.3 is 21.0 Å². The Morgan fingerprint density at radius 2 is 2.20 bits per heavy atom. The zero-order chi connectivity index (χ0) is 15.3. The Morgan fingerprint density at radius 3 is 2.75 bits per heavy atom. The van der Waals surface area contributed by atoms with Crippen LogP contribution in [0.15, 0.2) is 23.4 Å². The van der Waals surface area contributed by atoms with Crippen LogP contribution < -0.4 is 15.8 Å². The van der Waals surface area contributed by atoms with Crippen molar-refractivity contribution in [3.8, 4) is 5.75 Å². The molecule has 0 radical (unpaired) electrons. The minimum Gasteiger partial charge on any atom is -0.496 e. The molecule has 110 valence electrons. The molecule has 7 heteroatoms. The van der Waals surface area contributed by atoms with E-state index >= 15 is 0 Å². The number of hydrogen-bond donors (Lipinski definition) is 3. The number of amides is 1. The van der Waals surface area contributed by atoms with Gasteiger partial charge in [-0.2, -0.15) is 0 Å². The van der Waals surface area contributed by atoms with Gasteiger partial charge in [0.2, 0.25) is 0 Å². The van der Waals surface area contributed by atoms with Crippen molar-refractivity contribution in [1.82, 2.24) is 5.32 Å². The van der Waals surface area contributed by atoms with Gasteiger partial charge in [0, 0.05) is 12.0 Å². The standard InChI is InChI=1S/C13H18FN3O3/c1-13(2,12(15)17-19)7-16-11(18)10-8(14)5-4-6-9(10)20-3/h4-6,19H,7H2,1-3H3,(H2,15,17)(H,16,18). The highest BCUT2D eigenvalue weighted by Gasteiger charge is 2.26. The van der Waals surface area contributed by atoms with Gasteiger partial charge in [0.25, 0.3) is 5.91 Å². The lowest BCUT2D eigenvalue weighted by atomic mass is 9.92. The maximum atomic E-state index is 13.7. The van der Waals surface area contributed by atoms with E-state index in [2.05, 4.69) is 10.5 Å². The molecule has 1 rings (SSSR count). The average Bonchev–Trinajstić information content (AvgIpc) is 2.43. The third-order valence-corrected chi connectivity index (χ3v) is 2.91. The van der Waals surface area contributed by atoms with Crippen LogP contribution in [-0.2, 0) is 0 Å². The highest BCUT2D eigenvalue weighted by atomic mass is 19.1. The van der Waals surface area contributed by atoms with E-state index < -0.39 is 17.1 Å². The Bertz CT molecular complexity index is 530. The third-order valence-electron chi connectivity index (χ3n) is 2.91. The number of methoxy groups -OCH3 is 1. The second-order valence-electron chi connectivity index (χ2n) is 4.87. The Morgan fingerprint density at radius 1 is 1.55 bits per heavy atom. The Balaban J connectivity index is 2.88. The van der Waals surface area contributed by atoms with Gasteiger partial charge in [-0.3, -0.25) is 4.79 Å². The number of benzene rings is 1. The fourth-order valence-electron chi connectivity index (χ4n) is 1.51. The van der Waals surface area contributed by atoms with Gasteiger partial charge in [-0.15, -0.1) is 0 Å². The summed E-state index contributed by atoms with van der Waals surface area (Å²) in [6, 6.07) is 4.12. The number of carbonyl (C=O) groups is 1. The molecule has 0 aliphatic carbocycles. The van der Waals surface area contributed by atoms with E-state index in [0.717, 1.165) is 0 Å². The molecule has 0 atom stereocenters. The van der Waals surface area contributed by atoms with Crippen molar-refractivity contribution < 1.29 is 19.1 Å². The van der Waals surface area contributed by atoms with E-state index in [1.807, 2.05) is 0 Å². The average molecular weight is 283 g/mol. The van der Waals surface area contributed by atoms with Crippen molar-refractivity contribution in [3.63, 3.8) is 0 Å². The predicted molar refractivity (Wildman–Crippen MR) is 72.5 cm³/mol. The normalized spacial score (nSPS) is 12.1. The van der Waals surface area contributed by atoms with Gasteiger partial charge >= 0.3 is 0 Å². The third kappa shape index (κ3) is 3.37. The summed E-state index contributed by atoms with van der Waals surface area (Å²) in [6.45, 7) is 3.45. The molecular weight excluding hydrogens is 265 g/mol. The Hall–Kier alpha value is -2.31. The molecule has 4 N–H and O–H groups in total. The van der Waals surface area contributed by atoms with Gasteiger partial charge in [-0.25, -0.2) is 4.39 Å². The van der Waals surface area contributed by atoms with Crippen LogP contribution in [0.4, 0.5) is 4.39 Å². The zero-order valence-corrected chi connectivity index (χ0v) is 11.6. The number of nitrogens with zero attached hydrogens (tertiary/aromatic N) is 1. The minimum atomic E-state index is -0.761. The van der Waals surface area contributed by atoms with Crippen molar-refractivity contribution in [3.05, 3.63) is 29.6 Å². The quantitative estimate of drug-likeness (QED) is 0.329. The van der Waals surface area contributed by atoms with Crippen molar-refractivity contribution in [1.29, 1.82) is 0 Å². The first-order valence-electron chi connectivity index (χ1n) is 5.92. The molecule has 0 bridgehead atoms. The number of ether oxygens (including phenoxy) is 1. The van der Waals surface area contributed by atoms with Gasteiger partial charge in [0.15, 0.2) is 0 Å². The molecular formula is C13H18FN3O3. The number of rotatable bonds is 5. The van der Waals surface area contributed by atoms with E-state index in [9.17, 15) is 9.18 Å². The number of nitrogens with one attached hydrogen (secondary N) is 1. The van der Waals surface area contributed by atoms with Crippen molar-refractivity contribution in [2.24, 2.45) is 16.3 Å². The van der Waals surface area contributed by atoms with Crippen LogP contribution in [-0.4, -0.2) is 30.6 Å². The largest absolute Gasteiger partial charge is 0.496 e. The molecule has 0 aliphatic heterocycles. The summed E-state index contributed by atoms with van der Waals surface area (Å²) in [5.74, 6) is -1.19. The minimum absolute atomic E-state index is 0.0294. The SMILES string of the molecule is COc1cccc(F)c1C(=O)NCC(C)(C)/C(N)=N/O. The second kappa shape index (κ2) is 6.23. The summed E-state index contributed by atoms with van der Waals surface area (Å²) in [5, 5.41) is 14.1. The number of halogens is 1. The molecule has 20 heavy (non-hydrogen) atoms. The van der Waals surface area contributed by atoms with Gasteiger partial charge in [-0.05, 0) is 12.1 Å². The molecule has 0 aliphatic rings. The van der Waals surface area contributed by atoms with E-state index in [1.165, 1.54) is 25.3 Å². The molecule has 0 saturated heterocycles. The lowest BCUT2D eigenvalue weighted by Gasteiger charge is -2.23. The maximum absolute atomic E-state index is 13.7. The Labute approximate surface area is 116 Å². The van der Waals surface area contributed by atoms with E-state index in [1.54, 1.807) is 13.8 Å². The summed E-state index contributed by atoms with van der Waals surface area (Å²) in [6.07, 6.45) is 0. The predicted octanol–water partition coefficient (Wildman–Crippen LogP) is 1.34.